The van der Waals surface area contributed by atoms with Crippen LogP contribution in [0.1, 0.15) is 20.9 Å². The summed E-state index contributed by atoms with van der Waals surface area (Å²) in [6.07, 6.45) is 0. The molecule has 126 valence electrons. The molecule has 25 heavy (non-hydrogen) atoms. The largest absolute Gasteiger partial charge is 0.465 e. The van der Waals surface area contributed by atoms with Crippen LogP contribution in [-0.2, 0) is 4.74 Å². The lowest BCUT2D eigenvalue weighted by atomic mass is 10.2. The molecule has 1 amide bonds. The van der Waals surface area contributed by atoms with Crippen LogP contribution in [-0.4, -0.2) is 23.9 Å². The van der Waals surface area contributed by atoms with Crippen molar-refractivity contribution in [3.05, 3.63) is 70.0 Å². The number of benzene rings is 2. The number of amides is 1. The van der Waals surface area contributed by atoms with Gasteiger partial charge in [0.2, 0.25) is 0 Å². The monoisotopic (exact) mass is 340 g/mol. The second-order valence-electron chi connectivity index (χ2n) is 5.12. The number of carbonyl (C=O) groups is 2. The van der Waals surface area contributed by atoms with Gasteiger partial charge in [-0.2, -0.15) is 0 Å². The summed E-state index contributed by atoms with van der Waals surface area (Å²) in [5.41, 5.74) is 0.949. The number of methoxy groups -OCH3 is 1. The first-order chi connectivity index (χ1) is 12.0. The van der Waals surface area contributed by atoms with Gasteiger partial charge < -0.3 is 14.5 Å². The molecule has 1 aromatic heterocycles. The van der Waals surface area contributed by atoms with Gasteiger partial charge in [0.05, 0.1) is 17.6 Å². The van der Waals surface area contributed by atoms with Crippen molar-refractivity contribution in [1.29, 1.82) is 0 Å². The number of ether oxygens (including phenoxy) is 1. The van der Waals surface area contributed by atoms with Gasteiger partial charge >= 0.3 is 5.97 Å². The number of nitro benzene ring substituents is 1. The number of anilines is 1. The average Bonchev–Trinajstić information content (AvgIpc) is 3.04. The molecule has 0 saturated heterocycles. The van der Waals surface area contributed by atoms with Crippen LogP contribution in [0.3, 0.4) is 0 Å². The Morgan fingerprint density at radius 3 is 2.68 bits per heavy atom. The fourth-order valence-corrected chi connectivity index (χ4v) is 2.29. The summed E-state index contributed by atoms with van der Waals surface area (Å²) in [5.74, 6) is -1.06. The molecule has 0 aliphatic carbocycles. The molecule has 0 atom stereocenters. The number of hydrogen-bond acceptors (Lipinski definition) is 6. The summed E-state index contributed by atoms with van der Waals surface area (Å²) < 4.78 is 10.0. The third kappa shape index (κ3) is 3.32. The molecule has 1 N–H and O–H groups in total. The van der Waals surface area contributed by atoms with Crippen molar-refractivity contribution >= 4 is 34.2 Å². The zero-order valence-corrected chi connectivity index (χ0v) is 13.0. The number of hydrogen-bond donors (Lipinski definition) is 1. The van der Waals surface area contributed by atoms with Crippen LogP contribution >= 0.6 is 0 Å². The van der Waals surface area contributed by atoms with Crippen LogP contribution < -0.4 is 5.32 Å². The minimum absolute atomic E-state index is 0.000955. The molecule has 0 aliphatic heterocycles. The molecular weight excluding hydrogens is 328 g/mol. The minimum atomic E-state index is -0.541. The molecule has 3 rings (SSSR count). The summed E-state index contributed by atoms with van der Waals surface area (Å²) in [4.78, 5) is 34.1. The molecule has 3 aromatic rings. The van der Waals surface area contributed by atoms with Gasteiger partial charge in [-0.1, -0.05) is 6.07 Å². The Balaban J connectivity index is 1.85. The van der Waals surface area contributed by atoms with Gasteiger partial charge in [-0.3, -0.25) is 14.9 Å². The first-order valence-corrected chi connectivity index (χ1v) is 7.15. The number of nitro groups is 1. The molecule has 0 spiro atoms. The fraction of sp³-hybridized carbons (Fsp3) is 0.0588. The Kier molecular flexibility index (Phi) is 4.17. The van der Waals surface area contributed by atoms with Crippen molar-refractivity contribution in [1.82, 2.24) is 0 Å². The Morgan fingerprint density at radius 2 is 1.96 bits per heavy atom. The standard InChI is InChI=1S/C17H12N2O6/c1-24-17(21)10-3-2-4-12(7-10)18-16(20)15-9-11-8-13(19(22)23)5-6-14(11)25-15/h2-9H,1H3,(H,18,20). The molecule has 8 nitrogen and oxygen atoms in total. The Bertz CT molecular complexity index is 992. The molecule has 0 radical (unpaired) electrons. The van der Waals surface area contributed by atoms with Crippen LogP contribution in [0.25, 0.3) is 11.0 Å². The number of nitrogens with zero attached hydrogens (tertiary/aromatic N) is 1. The van der Waals surface area contributed by atoms with E-state index in [-0.39, 0.29) is 11.4 Å². The Morgan fingerprint density at radius 1 is 1.16 bits per heavy atom. The van der Waals surface area contributed by atoms with Crippen LogP contribution in [0.5, 0.6) is 0 Å². The van der Waals surface area contributed by atoms with E-state index < -0.39 is 16.8 Å². The molecule has 0 fully saturated rings. The van der Waals surface area contributed by atoms with Crippen molar-refractivity contribution in [3.8, 4) is 0 Å². The highest BCUT2D eigenvalue weighted by Gasteiger charge is 2.16. The van der Waals surface area contributed by atoms with E-state index in [0.29, 0.717) is 22.2 Å². The predicted molar refractivity (Wildman–Crippen MR) is 88.6 cm³/mol. The van der Waals surface area contributed by atoms with Crippen LogP contribution in [0, 0.1) is 10.1 Å². The van der Waals surface area contributed by atoms with Gasteiger partial charge in [-0.25, -0.2) is 4.79 Å². The van der Waals surface area contributed by atoms with E-state index in [1.807, 2.05) is 0 Å². The fourth-order valence-electron chi connectivity index (χ4n) is 2.29. The second kappa shape index (κ2) is 6.44. The predicted octanol–water partition coefficient (Wildman–Crippen LogP) is 3.38. The molecular formula is C17H12N2O6. The summed E-state index contributed by atoms with van der Waals surface area (Å²) in [6, 6.07) is 11.7. The summed E-state index contributed by atoms with van der Waals surface area (Å²) in [5, 5.41) is 13.8. The van der Waals surface area contributed by atoms with E-state index in [2.05, 4.69) is 10.1 Å². The number of nitrogens with one attached hydrogen (secondary N) is 1. The van der Waals surface area contributed by atoms with Crippen LogP contribution in [0.2, 0.25) is 0 Å². The topological polar surface area (TPSA) is 112 Å². The lowest BCUT2D eigenvalue weighted by Gasteiger charge is -2.05. The first-order valence-electron chi connectivity index (χ1n) is 7.15. The maximum atomic E-state index is 12.3. The van der Waals surface area contributed by atoms with Crippen molar-refractivity contribution < 1.29 is 23.7 Å². The zero-order chi connectivity index (χ0) is 18.0. The molecule has 1 heterocycles. The van der Waals surface area contributed by atoms with Crippen molar-refractivity contribution in [2.45, 2.75) is 0 Å². The third-order valence-corrected chi connectivity index (χ3v) is 3.48. The van der Waals surface area contributed by atoms with Gasteiger partial charge in [-0.15, -0.1) is 0 Å². The average molecular weight is 340 g/mol. The molecule has 0 bridgehead atoms. The Labute approximate surface area is 141 Å². The summed E-state index contributed by atoms with van der Waals surface area (Å²) in [7, 11) is 1.27. The second-order valence-corrected chi connectivity index (χ2v) is 5.12. The lowest BCUT2D eigenvalue weighted by molar-refractivity contribution is -0.384. The van der Waals surface area contributed by atoms with E-state index >= 15 is 0 Å². The van der Waals surface area contributed by atoms with Gasteiger partial charge in [0.15, 0.2) is 5.76 Å². The van der Waals surface area contributed by atoms with E-state index in [4.69, 9.17) is 4.42 Å². The van der Waals surface area contributed by atoms with Crippen LogP contribution in [0.15, 0.2) is 52.9 Å². The third-order valence-electron chi connectivity index (χ3n) is 3.48. The van der Waals surface area contributed by atoms with Gasteiger partial charge in [0, 0.05) is 23.2 Å². The number of non-ortho nitro benzene ring substituents is 1. The molecule has 0 unspecified atom stereocenters. The van der Waals surface area contributed by atoms with E-state index in [1.165, 1.54) is 37.4 Å². The molecule has 2 aromatic carbocycles. The molecule has 0 saturated carbocycles. The zero-order valence-electron chi connectivity index (χ0n) is 13.0. The lowest BCUT2D eigenvalue weighted by Crippen LogP contribution is -2.11. The highest BCUT2D eigenvalue weighted by atomic mass is 16.6. The van der Waals surface area contributed by atoms with Crippen LogP contribution in [0.4, 0.5) is 11.4 Å². The number of esters is 1. The SMILES string of the molecule is COC(=O)c1cccc(NC(=O)c2cc3cc([N+](=O)[O-])ccc3o2)c1. The highest BCUT2D eigenvalue weighted by molar-refractivity contribution is 6.05. The van der Waals surface area contributed by atoms with E-state index in [0.717, 1.165) is 0 Å². The van der Waals surface area contributed by atoms with Crippen molar-refractivity contribution in [2.75, 3.05) is 12.4 Å². The van der Waals surface area contributed by atoms with E-state index in [9.17, 15) is 19.7 Å². The Hall–Kier alpha value is -3.68. The summed E-state index contributed by atoms with van der Waals surface area (Å²) >= 11 is 0. The van der Waals surface area contributed by atoms with Gasteiger partial charge in [-0.05, 0) is 30.3 Å². The van der Waals surface area contributed by atoms with Gasteiger partial charge in [0.25, 0.3) is 11.6 Å². The summed E-state index contributed by atoms with van der Waals surface area (Å²) in [6.45, 7) is 0. The quantitative estimate of drug-likeness (QED) is 0.443. The highest BCUT2D eigenvalue weighted by Crippen LogP contribution is 2.25. The number of carbonyl (C=O) groups excluding carboxylic acids is 2. The number of furan rings is 1. The first kappa shape index (κ1) is 16.2. The van der Waals surface area contributed by atoms with Crippen molar-refractivity contribution in [2.24, 2.45) is 0 Å². The van der Waals surface area contributed by atoms with Crippen molar-refractivity contribution in [3.63, 3.8) is 0 Å². The maximum Gasteiger partial charge on any atom is 0.337 e. The normalized spacial score (nSPS) is 10.4. The smallest absolute Gasteiger partial charge is 0.337 e. The van der Waals surface area contributed by atoms with E-state index in [1.54, 1.807) is 18.2 Å². The number of rotatable bonds is 4. The van der Waals surface area contributed by atoms with Gasteiger partial charge in [0.1, 0.15) is 5.58 Å². The maximum absolute atomic E-state index is 12.3. The molecule has 0 aliphatic rings. The number of fused-ring (bicyclic) bond motifs is 1. The molecule has 8 heteroatoms. The minimum Gasteiger partial charge on any atom is -0.465 e.